The Labute approximate surface area is 126 Å². The molecule has 0 radical (unpaired) electrons. The van der Waals surface area contributed by atoms with Crippen LogP contribution in [-0.2, 0) is 0 Å². The van der Waals surface area contributed by atoms with Gasteiger partial charge in [0.25, 0.3) is 0 Å². The van der Waals surface area contributed by atoms with Crippen LogP contribution in [0.1, 0.15) is 46.2 Å². The second kappa shape index (κ2) is 7.24. The highest BCUT2D eigenvalue weighted by molar-refractivity contribution is 5.16. The molecule has 0 fully saturated rings. The topological polar surface area (TPSA) is 3.24 Å². The summed E-state index contributed by atoms with van der Waals surface area (Å²) < 4.78 is 1.03. The van der Waals surface area contributed by atoms with Crippen molar-refractivity contribution in [2.24, 2.45) is 0 Å². The van der Waals surface area contributed by atoms with Crippen LogP contribution in [0.2, 0.25) is 0 Å². The van der Waals surface area contributed by atoms with Crippen LogP contribution in [0.25, 0.3) is 0 Å². The molecule has 0 saturated heterocycles. The van der Waals surface area contributed by atoms with E-state index in [9.17, 15) is 0 Å². The van der Waals surface area contributed by atoms with Crippen molar-refractivity contribution in [2.75, 3.05) is 27.2 Å². The van der Waals surface area contributed by atoms with E-state index in [4.69, 9.17) is 0 Å². The summed E-state index contributed by atoms with van der Waals surface area (Å²) in [6.45, 7) is 13.8. The van der Waals surface area contributed by atoms with Crippen molar-refractivity contribution in [3.63, 3.8) is 0 Å². The fourth-order valence-electron chi connectivity index (χ4n) is 2.81. The highest BCUT2D eigenvalue weighted by Gasteiger charge is 2.27. The first-order valence-electron chi connectivity index (χ1n) is 7.89. The third kappa shape index (κ3) is 4.60. The molecule has 0 N–H and O–H groups in total. The first-order chi connectivity index (χ1) is 9.25. The average molecular weight is 277 g/mol. The van der Waals surface area contributed by atoms with Gasteiger partial charge in [-0.3, -0.25) is 4.90 Å². The largest absolute Gasteiger partial charge is 0.321 e. The van der Waals surface area contributed by atoms with Crippen LogP contribution >= 0.6 is 0 Å². The van der Waals surface area contributed by atoms with E-state index in [0.717, 1.165) is 11.0 Å². The van der Waals surface area contributed by atoms with Crippen molar-refractivity contribution >= 4 is 0 Å². The van der Waals surface area contributed by atoms with E-state index in [1.54, 1.807) is 0 Å². The molecule has 0 saturated carbocycles. The highest BCUT2D eigenvalue weighted by atomic mass is 15.3. The lowest BCUT2D eigenvalue weighted by Crippen LogP contribution is -2.49. The van der Waals surface area contributed by atoms with Crippen molar-refractivity contribution in [1.29, 1.82) is 0 Å². The molecule has 0 heterocycles. The van der Waals surface area contributed by atoms with Crippen LogP contribution in [-0.4, -0.2) is 48.7 Å². The SMILES string of the molecule is CC(C)N(CC[N+](C)(C)[C@H](C)c1ccccc1)C(C)C. The molecule has 0 unspecified atom stereocenters. The quantitative estimate of drug-likeness (QED) is 0.682. The lowest BCUT2D eigenvalue weighted by molar-refractivity contribution is -0.918. The van der Waals surface area contributed by atoms with Gasteiger partial charge in [0.1, 0.15) is 6.04 Å². The van der Waals surface area contributed by atoms with Crippen molar-refractivity contribution in [1.82, 2.24) is 4.90 Å². The van der Waals surface area contributed by atoms with Crippen LogP contribution in [0, 0.1) is 0 Å². The van der Waals surface area contributed by atoms with E-state index in [-0.39, 0.29) is 0 Å². The summed E-state index contributed by atoms with van der Waals surface area (Å²) in [5.41, 5.74) is 1.43. The summed E-state index contributed by atoms with van der Waals surface area (Å²) in [5, 5.41) is 0. The summed E-state index contributed by atoms with van der Waals surface area (Å²) in [5.74, 6) is 0. The summed E-state index contributed by atoms with van der Waals surface area (Å²) in [4.78, 5) is 2.58. The minimum atomic E-state index is 0.525. The maximum Gasteiger partial charge on any atom is 0.111 e. The zero-order valence-corrected chi connectivity index (χ0v) is 14.4. The monoisotopic (exact) mass is 277 g/mol. The Balaban J connectivity index is 2.69. The van der Waals surface area contributed by atoms with Crippen molar-refractivity contribution < 1.29 is 4.48 Å². The molecule has 0 aliphatic rings. The molecule has 1 aromatic rings. The van der Waals surface area contributed by atoms with E-state index < -0.39 is 0 Å². The molecule has 0 aliphatic heterocycles. The molecule has 0 amide bonds. The normalized spacial score (nSPS) is 14.3. The maximum absolute atomic E-state index is 2.58. The molecular formula is C18H33N2+. The van der Waals surface area contributed by atoms with E-state index >= 15 is 0 Å². The Morgan fingerprint density at radius 3 is 1.85 bits per heavy atom. The molecule has 0 spiro atoms. The molecule has 1 aromatic carbocycles. The molecule has 0 aromatic heterocycles. The molecule has 0 aliphatic carbocycles. The van der Waals surface area contributed by atoms with Gasteiger partial charge in [0.05, 0.1) is 20.6 Å². The second-order valence-electron chi connectivity index (χ2n) is 7.01. The third-order valence-corrected chi connectivity index (χ3v) is 4.59. The van der Waals surface area contributed by atoms with E-state index in [1.165, 1.54) is 12.1 Å². The van der Waals surface area contributed by atoms with E-state index in [2.05, 4.69) is 83.9 Å². The molecule has 2 heteroatoms. The van der Waals surface area contributed by atoms with Gasteiger partial charge < -0.3 is 4.48 Å². The number of rotatable bonds is 7. The number of hydrogen-bond acceptors (Lipinski definition) is 1. The van der Waals surface area contributed by atoms with Crippen LogP contribution in [0.3, 0.4) is 0 Å². The van der Waals surface area contributed by atoms with Crippen LogP contribution in [0.15, 0.2) is 30.3 Å². The van der Waals surface area contributed by atoms with Gasteiger partial charge >= 0.3 is 0 Å². The summed E-state index contributed by atoms with van der Waals surface area (Å²) in [7, 11) is 4.69. The zero-order chi connectivity index (χ0) is 15.3. The standard InChI is InChI=1S/C18H33N2/c1-15(2)19(16(3)4)13-14-20(6,7)17(5)18-11-9-8-10-12-18/h8-12,15-17H,13-14H2,1-7H3/q+1/t17-/m1/s1. The minimum absolute atomic E-state index is 0.525. The average Bonchev–Trinajstić information content (AvgIpc) is 2.38. The molecule has 1 atom stereocenters. The Morgan fingerprint density at radius 2 is 1.40 bits per heavy atom. The Bertz CT molecular complexity index is 374. The molecule has 0 bridgehead atoms. The van der Waals surface area contributed by atoms with Gasteiger partial charge in [0, 0.05) is 24.2 Å². The predicted molar refractivity (Wildman–Crippen MR) is 88.8 cm³/mol. The van der Waals surface area contributed by atoms with E-state index in [1.807, 2.05) is 0 Å². The Morgan fingerprint density at radius 1 is 0.900 bits per heavy atom. The summed E-state index contributed by atoms with van der Waals surface area (Å²) in [6.07, 6.45) is 0. The smallest absolute Gasteiger partial charge is 0.111 e. The molecule has 2 nitrogen and oxygen atoms in total. The second-order valence-corrected chi connectivity index (χ2v) is 7.01. The molecular weight excluding hydrogens is 244 g/mol. The predicted octanol–water partition coefficient (Wildman–Crippen LogP) is 3.94. The van der Waals surface area contributed by atoms with Gasteiger partial charge in [0.15, 0.2) is 0 Å². The van der Waals surface area contributed by atoms with Crippen LogP contribution in [0.5, 0.6) is 0 Å². The number of likely N-dealkylation sites (N-methyl/N-ethyl adjacent to an activating group) is 1. The van der Waals surface area contributed by atoms with Gasteiger partial charge in [-0.2, -0.15) is 0 Å². The Kier molecular flexibility index (Phi) is 6.22. The van der Waals surface area contributed by atoms with Gasteiger partial charge in [-0.15, -0.1) is 0 Å². The lowest BCUT2D eigenvalue weighted by atomic mass is 10.1. The van der Waals surface area contributed by atoms with Gasteiger partial charge in [-0.05, 0) is 34.6 Å². The number of quaternary nitrogens is 1. The first kappa shape index (κ1) is 17.2. The number of nitrogens with zero attached hydrogens (tertiary/aromatic N) is 2. The van der Waals surface area contributed by atoms with Crippen molar-refractivity contribution in [3.8, 4) is 0 Å². The third-order valence-electron chi connectivity index (χ3n) is 4.59. The Hall–Kier alpha value is -0.860. The summed E-state index contributed by atoms with van der Waals surface area (Å²) >= 11 is 0. The summed E-state index contributed by atoms with van der Waals surface area (Å²) in [6, 6.07) is 12.6. The molecule has 114 valence electrons. The minimum Gasteiger partial charge on any atom is -0.321 e. The zero-order valence-electron chi connectivity index (χ0n) is 14.4. The fourth-order valence-corrected chi connectivity index (χ4v) is 2.81. The number of benzene rings is 1. The van der Waals surface area contributed by atoms with Gasteiger partial charge in [-0.1, -0.05) is 30.3 Å². The van der Waals surface area contributed by atoms with Crippen LogP contribution in [0.4, 0.5) is 0 Å². The molecule has 1 rings (SSSR count). The first-order valence-corrected chi connectivity index (χ1v) is 7.89. The van der Waals surface area contributed by atoms with Crippen LogP contribution < -0.4 is 0 Å². The fraction of sp³-hybridized carbons (Fsp3) is 0.667. The van der Waals surface area contributed by atoms with Gasteiger partial charge in [0.2, 0.25) is 0 Å². The lowest BCUT2D eigenvalue weighted by Gasteiger charge is -2.39. The van der Waals surface area contributed by atoms with Crippen molar-refractivity contribution in [3.05, 3.63) is 35.9 Å². The highest BCUT2D eigenvalue weighted by Crippen LogP contribution is 2.24. The van der Waals surface area contributed by atoms with E-state index in [0.29, 0.717) is 18.1 Å². The molecule has 20 heavy (non-hydrogen) atoms. The number of hydrogen-bond donors (Lipinski definition) is 0. The van der Waals surface area contributed by atoms with Gasteiger partial charge in [-0.25, -0.2) is 0 Å². The van der Waals surface area contributed by atoms with Crippen molar-refractivity contribution in [2.45, 2.75) is 52.7 Å². The maximum atomic E-state index is 2.58.